The van der Waals surface area contributed by atoms with Crippen molar-refractivity contribution in [2.45, 2.75) is 6.54 Å². The molecule has 0 aliphatic carbocycles. The molecule has 0 spiro atoms. The third-order valence-corrected chi connectivity index (χ3v) is 4.53. The number of nitrogens with one attached hydrogen (secondary N) is 1. The summed E-state index contributed by atoms with van der Waals surface area (Å²) in [6.07, 6.45) is 1.76. The fourth-order valence-corrected chi connectivity index (χ4v) is 3.13. The van der Waals surface area contributed by atoms with Crippen LogP contribution in [0.15, 0.2) is 29.8 Å². The smallest absolute Gasteiger partial charge is 0.317 e. The lowest BCUT2D eigenvalue weighted by Crippen LogP contribution is -2.51. The van der Waals surface area contributed by atoms with Gasteiger partial charge in [-0.15, -0.1) is 11.3 Å². The van der Waals surface area contributed by atoms with Gasteiger partial charge in [-0.3, -0.25) is 0 Å². The Morgan fingerprint density at radius 2 is 2.04 bits per heavy atom. The first kappa shape index (κ1) is 15.7. The Hall–Kier alpha value is -2.22. The predicted octanol–water partition coefficient (Wildman–Crippen LogP) is 2.45. The highest BCUT2D eigenvalue weighted by Gasteiger charge is 2.22. The largest absolute Gasteiger partial charge is 0.345 e. The number of nitrogens with zero attached hydrogens (tertiary/aromatic N) is 3. The van der Waals surface area contributed by atoms with Gasteiger partial charge >= 0.3 is 6.03 Å². The summed E-state index contributed by atoms with van der Waals surface area (Å²) in [4.78, 5) is 20.2. The highest BCUT2D eigenvalue weighted by atomic mass is 32.1. The quantitative estimate of drug-likeness (QED) is 0.935. The maximum absolute atomic E-state index is 13.5. The fraction of sp³-hybridized carbons (Fsp3) is 0.333. The molecule has 2 heterocycles. The van der Waals surface area contributed by atoms with Crippen LogP contribution in [0.3, 0.4) is 0 Å². The van der Waals surface area contributed by atoms with Crippen molar-refractivity contribution in [1.82, 2.24) is 15.2 Å². The molecule has 1 aliphatic heterocycles. The predicted molar refractivity (Wildman–Crippen MR) is 84.5 cm³/mol. The number of anilines is 1. The molecule has 1 N–H and O–H groups in total. The Bertz CT molecular complexity index is 672. The highest BCUT2D eigenvalue weighted by molar-refractivity contribution is 7.13. The lowest BCUT2D eigenvalue weighted by Gasteiger charge is -2.34. The number of aromatic nitrogens is 1. The zero-order chi connectivity index (χ0) is 16.2. The van der Waals surface area contributed by atoms with Crippen molar-refractivity contribution >= 4 is 22.5 Å². The zero-order valence-electron chi connectivity index (χ0n) is 12.3. The average molecular weight is 338 g/mol. The van der Waals surface area contributed by atoms with Gasteiger partial charge in [0.15, 0.2) is 5.13 Å². The number of urea groups is 1. The van der Waals surface area contributed by atoms with E-state index in [9.17, 15) is 13.6 Å². The molecule has 3 rings (SSSR count). The van der Waals surface area contributed by atoms with Crippen LogP contribution in [0.25, 0.3) is 0 Å². The van der Waals surface area contributed by atoms with Gasteiger partial charge < -0.3 is 15.1 Å². The van der Waals surface area contributed by atoms with Crippen molar-refractivity contribution in [2.75, 3.05) is 31.1 Å². The number of carbonyl (C=O) groups excluding carboxylic acids is 1. The summed E-state index contributed by atoms with van der Waals surface area (Å²) in [6, 6.07) is 2.94. The number of piperazine rings is 1. The van der Waals surface area contributed by atoms with E-state index in [1.54, 1.807) is 22.4 Å². The molecule has 1 fully saturated rings. The number of amides is 2. The molecule has 2 amide bonds. The molecule has 122 valence electrons. The van der Waals surface area contributed by atoms with Crippen LogP contribution in [-0.2, 0) is 6.54 Å². The van der Waals surface area contributed by atoms with Crippen molar-refractivity contribution in [3.05, 3.63) is 47.0 Å². The second-order valence-corrected chi connectivity index (χ2v) is 6.06. The number of hydrogen-bond acceptors (Lipinski definition) is 4. The number of benzene rings is 1. The summed E-state index contributed by atoms with van der Waals surface area (Å²) < 4.78 is 26.6. The Kier molecular flexibility index (Phi) is 4.71. The molecule has 1 aliphatic rings. The molecule has 1 aromatic carbocycles. The maximum Gasteiger partial charge on any atom is 0.317 e. The van der Waals surface area contributed by atoms with Crippen molar-refractivity contribution in [2.24, 2.45) is 0 Å². The van der Waals surface area contributed by atoms with Crippen LogP contribution in [0.1, 0.15) is 5.56 Å². The molecule has 0 unspecified atom stereocenters. The van der Waals surface area contributed by atoms with E-state index in [-0.39, 0.29) is 18.1 Å². The second kappa shape index (κ2) is 6.91. The van der Waals surface area contributed by atoms with Crippen molar-refractivity contribution < 1.29 is 13.6 Å². The molecule has 0 atom stereocenters. The lowest BCUT2D eigenvalue weighted by atomic mass is 10.2. The highest BCUT2D eigenvalue weighted by Crippen LogP contribution is 2.19. The molecule has 1 aromatic heterocycles. The second-order valence-electron chi connectivity index (χ2n) is 5.18. The molecule has 23 heavy (non-hydrogen) atoms. The lowest BCUT2D eigenvalue weighted by molar-refractivity contribution is 0.194. The number of rotatable bonds is 3. The van der Waals surface area contributed by atoms with Gasteiger partial charge in [0.2, 0.25) is 0 Å². The first-order valence-electron chi connectivity index (χ1n) is 7.24. The Balaban J connectivity index is 1.51. The average Bonchev–Trinajstić information content (AvgIpc) is 3.10. The normalized spacial score (nSPS) is 14.9. The van der Waals surface area contributed by atoms with E-state index in [4.69, 9.17) is 0 Å². The van der Waals surface area contributed by atoms with E-state index in [0.29, 0.717) is 26.2 Å². The van der Waals surface area contributed by atoms with E-state index in [2.05, 4.69) is 15.2 Å². The minimum atomic E-state index is -0.528. The number of carbonyl (C=O) groups is 1. The molecule has 0 radical (unpaired) electrons. The third-order valence-electron chi connectivity index (χ3n) is 3.69. The Labute approximate surface area is 136 Å². The summed E-state index contributed by atoms with van der Waals surface area (Å²) in [6.45, 7) is 2.51. The van der Waals surface area contributed by atoms with Crippen LogP contribution in [-0.4, -0.2) is 42.1 Å². The molecule has 0 saturated carbocycles. The van der Waals surface area contributed by atoms with Gasteiger partial charge in [0.05, 0.1) is 0 Å². The Morgan fingerprint density at radius 1 is 1.26 bits per heavy atom. The SMILES string of the molecule is O=C(NCc1cc(F)ccc1F)N1CCN(c2nccs2)CC1. The summed E-state index contributed by atoms with van der Waals surface area (Å²) in [5, 5.41) is 5.50. The number of thiazole rings is 1. The van der Waals surface area contributed by atoms with Crippen molar-refractivity contribution in [3.8, 4) is 0 Å². The molecular weight excluding hydrogens is 322 g/mol. The summed E-state index contributed by atoms with van der Waals surface area (Å²) in [5.74, 6) is -1.05. The van der Waals surface area contributed by atoms with Gasteiger partial charge in [-0.1, -0.05) is 0 Å². The minimum Gasteiger partial charge on any atom is -0.345 e. The van der Waals surface area contributed by atoms with Crippen LogP contribution < -0.4 is 10.2 Å². The first-order chi connectivity index (χ1) is 11.1. The minimum absolute atomic E-state index is 0.0326. The van der Waals surface area contributed by atoms with E-state index in [1.165, 1.54) is 0 Å². The van der Waals surface area contributed by atoms with Crippen LogP contribution in [0.2, 0.25) is 0 Å². The van der Waals surface area contributed by atoms with Crippen LogP contribution >= 0.6 is 11.3 Å². The Morgan fingerprint density at radius 3 is 2.74 bits per heavy atom. The van der Waals surface area contributed by atoms with Crippen molar-refractivity contribution in [1.29, 1.82) is 0 Å². The summed E-state index contributed by atoms with van der Waals surface area (Å²) in [7, 11) is 0. The van der Waals surface area contributed by atoms with Gasteiger partial charge in [-0.25, -0.2) is 18.6 Å². The topological polar surface area (TPSA) is 48.5 Å². The molecular formula is C15H16F2N4OS. The summed E-state index contributed by atoms with van der Waals surface area (Å²) in [5.41, 5.74) is 0.139. The van der Waals surface area contributed by atoms with Crippen LogP contribution in [0, 0.1) is 11.6 Å². The molecule has 8 heteroatoms. The maximum atomic E-state index is 13.5. The molecule has 2 aromatic rings. The van der Waals surface area contributed by atoms with Gasteiger partial charge in [0, 0.05) is 49.9 Å². The molecule has 1 saturated heterocycles. The fourth-order valence-electron chi connectivity index (χ4n) is 2.43. The van der Waals surface area contributed by atoms with Gasteiger partial charge in [-0.05, 0) is 18.2 Å². The van der Waals surface area contributed by atoms with Crippen molar-refractivity contribution in [3.63, 3.8) is 0 Å². The number of hydrogen-bond donors (Lipinski definition) is 1. The van der Waals surface area contributed by atoms with E-state index in [1.807, 2.05) is 5.38 Å². The standard InChI is InChI=1S/C15H16F2N4OS/c16-12-1-2-13(17)11(9-12)10-19-14(22)20-4-6-21(7-5-20)15-18-3-8-23-15/h1-3,8-9H,4-7,10H2,(H,19,22). The van der Waals surface area contributed by atoms with Crippen LogP contribution in [0.4, 0.5) is 18.7 Å². The van der Waals surface area contributed by atoms with E-state index in [0.717, 1.165) is 23.3 Å². The van der Waals surface area contributed by atoms with Gasteiger partial charge in [0.1, 0.15) is 11.6 Å². The first-order valence-corrected chi connectivity index (χ1v) is 8.12. The van der Waals surface area contributed by atoms with E-state index < -0.39 is 11.6 Å². The zero-order valence-corrected chi connectivity index (χ0v) is 13.2. The third kappa shape index (κ3) is 3.76. The molecule has 5 nitrogen and oxygen atoms in total. The van der Waals surface area contributed by atoms with Gasteiger partial charge in [0.25, 0.3) is 0 Å². The van der Waals surface area contributed by atoms with Crippen LogP contribution in [0.5, 0.6) is 0 Å². The van der Waals surface area contributed by atoms with Gasteiger partial charge in [-0.2, -0.15) is 0 Å². The molecule has 0 bridgehead atoms. The number of halogens is 2. The van der Waals surface area contributed by atoms with E-state index >= 15 is 0 Å². The monoisotopic (exact) mass is 338 g/mol. The summed E-state index contributed by atoms with van der Waals surface area (Å²) >= 11 is 1.57.